The lowest BCUT2D eigenvalue weighted by Gasteiger charge is -2.36. The minimum atomic E-state index is -0.0702. The zero-order valence-corrected chi connectivity index (χ0v) is 15.0. The summed E-state index contributed by atoms with van der Waals surface area (Å²) in [7, 11) is 4.90. The second-order valence-electron chi connectivity index (χ2n) is 6.06. The van der Waals surface area contributed by atoms with Crippen LogP contribution in [0, 0.1) is 0 Å². The van der Waals surface area contributed by atoms with E-state index >= 15 is 0 Å². The molecule has 5 nitrogen and oxygen atoms in total. The van der Waals surface area contributed by atoms with E-state index in [9.17, 15) is 4.79 Å². The van der Waals surface area contributed by atoms with Crippen molar-refractivity contribution < 1.29 is 19.0 Å². The Kier molecular flexibility index (Phi) is 4.83. The topological polar surface area (TPSA) is 48.0 Å². The molecule has 132 valence electrons. The van der Waals surface area contributed by atoms with Gasteiger partial charge in [0.1, 0.15) is 17.2 Å². The Morgan fingerprint density at radius 3 is 2.28 bits per heavy atom. The molecule has 5 heteroatoms. The third-order valence-electron chi connectivity index (χ3n) is 4.76. The number of hydrogen-bond acceptors (Lipinski definition) is 4. The second-order valence-corrected chi connectivity index (χ2v) is 6.06. The predicted octanol–water partition coefficient (Wildman–Crippen LogP) is 3.47. The molecule has 0 saturated heterocycles. The number of rotatable bonds is 4. The van der Waals surface area contributed by atoms with Crippen LogP contribution < -0.4 is 14.2 Å². The molecule has 0 aromatic heterocycles. The van der Waals surface area contributed by atoms with E-state index in [1.54, 1.807) is 45.6 Å². The number of benzene rings is 2. The van der Waals surface area contributed by atoms with E-state index in [2.05, 4.69) is 0 Å². The molecule has 0 bridgehead atoms. The molecule has 1 heterocycles. The van der Waals surface area contributed by atoms with Gasteiger partial charge in [-0.2, -0.15) is 0 Å². The zero-order valence-electron chi connectivity index (χ0n) is 15.0. The highest BCUT2D eigenvalue weighted by Crippen LogP contribution is 2.39. The van der Waals surface area contributed by atoms with E-state index in [1.807, 2.05) is 24.0 Å². The summed E-state index contributed by atoms with van der Waals surface area (Å²) < 4.78 is 16.1. The molecule has 1 atom stereocenters. The summed E-state index contributed by atoms with van der Waals surface area (Å²) in [6, 6.07) is 11.0. The van der Waals surface area contributed by atoms with E-state index < -0.39 is 0 Å². The summed E-state index contributed by atoms with van der Waals surface area (Å²) in [4.78, 5) is 14.8. The van der Waals surface area contributed by atoms with Crippen LogP contribution in [0.3, 0.4) is 0 Å². The molecule has 0 N–H and O–H groups in total. The van der Waals surface area contributed by atoms with E-state index in [-0.39, 0.29) is 11.9 Å². The highest BCUT2D eigenvalue weighted by Gasteiger charge is 2.31. The molecule has 1 aliphatic heterocycles. The van der Waals surface area contributed by atoms with Crippen molar-refractivity contribution in [3.8, 4) is 17.2 Å². The van der Waals surface area contributed by atoms with E-state index in [4.69, 9.17) is 14.2 Å². The Labute approximate surface area is 148 Å². The van der Waals surface area contributed by atoms with Crippen molar-refractivity contribution in [3.05, 3.63) is 53.1 Å². The Morgan fingerprint density at radius 1 is 1.00 bits per heavy atom. The molecule has 1 aliphatic rings. The third kappa shape index (κ3) is 3.14. The Hall–Kier alpha value is -2.69. The van der Waals surface area contributed by atoms with Gasteiger partial charge in [0.05, 0.1) is 27.4 Å². The normalized spacial score (nSPS) is 16.2. The Morgan fingerprint density at radius 2 is 1.68 bits per heavy atom. The van der Waals surface area contributed by atoms with Crippen molar-refractivity contribution in [3.63, 3.8) is 0 Å². The Balaban J connectivity index is 1.92. The second kappa shape index (κ2) is 7.05. The van der Waals surface area contributed by atoms with Gasteiger partial charge in [-0.15, -0.1) is 0 Å². The first-order chi connectivity index (χ1) is 12.1. The molecule has 0 fully saturated rings. The lowest BCUT2D eigenvalue weighted by atomic mass is 9.91. The van der Waals surface area contributed by atoms with Gasteiger partial charge in [0.25, 0.3) is 5.91 Å². The zero-order chi connectivity index (χ0) is 18.0. The van der Waals surface area contributed by atoms with Crippen LogP contribution in [0.15, 0.2) is 36.4 Å². The number of amides is 1. The van der Waals surface area contributed by atoms with Crippen molar-refractivity contribution >= 4 is 5.91 Å². The summed E-state index contributed by atoms with van der Waals surface area (Å²) in [5.74, 6) is 2.29. The molecule has 25 heavy (non-hydrogen) atoms. The van der Waals surface area contributed by atoms with Gasteiger partial charge in [0.15, 0.2) is 0 Å². The molecule has 2 aromatic rings. The van der Waals surface area contributed by atoms with E-state index in [1.165, 1.54) is 5.56 Å². The number of carbonyl (C=O) groups excluding carboxylic acids is 1. The number of carbonyl (C=O) groups is 1. The van der Waals surface area contributed by atoms with Gasteiger partial charge in [-0.1, -0.05) is 0 Å². The minimum absolute atomic E-state index is 0.0127. The van der Waals surface area contributed by atoms with Crippen LogP contribution >= 0.6 is 0 Å². The largest absolute Gasteiger partial charge is 0.497 e. The lowest BCUT2D eigenvalue weighted by Crippen LogP contribution is -2.39. The summed E-state index contributed by atoms with van der Waals surface area (Å²) >= 11 is 0. The summed E-state index contributed by atoms with van der Waals surface area (Å²) in [6.45, 7) is 2.70. The maximum atomic E-state index is 13.0. The average Bonchev–Trinajstić information content (AvgIpc) is 2.66. The fourth-order valence-electron chi connectivity index (χ4n) is 3.39. The van der Waals surface area contributed by atoms with Crippen molar-refractivity contribution in [2.24, 2.45) is 0 Å². The standard InChI is InChI=1S/C20H23NO4/c1-13-19-15(11-17(24-3)12-18(19)25-4)9-10-21(13)20(22)14-5-7-16(23-2)8-6-14/h5-8,11-13H,9-10H2,1-4H3. The molecule has 0 aliphatic carbocycles. The van der Waals surface area contributed by atoms with Crippen LogP contribution in [0.4, 0.5) is 0 Å². The highest BCUT2D eigenvalue weighted by molar-refractivity contribution is 5.94. The molecule has 1 amide bonds. The van der Waals surface area contributed by atoms with Crippen LogP contribution in [0.2, 0.25) is 0 Å². The smallest absolute Gasteiger partial charge is 0.254 e. The highest BCUT2D eigenvalue weighted by atomic mass is 16.5. The van der Waals surface area contributed by atoms with Gasteiger partial charge in [-0.05, 0) is 49.2 Å². The fourth-order valence-corrected chi connectivity index (χ4v) is 3.39. The van der Waals surface area contributed by atoms with Crippen molar-refractivity contribution in [2.45, 2.75) is 19.4 Å². The van der Waals surface area contributed by atoms with Gasteiger partial charge in [-0.3, -0.25) is 4.79 Å². The molecule has 0 saturated carbocycles. The first-order valence-electron chi connectivity index (χ1n) is 8.28. The van der Waals surface area contributed by atoms with Crippen LogP contribution in [0.1, 0.15) is 34.5 Å². The molecule has 2 aromatic carbocycles. The number of ether oxygens (including phenoxy) is 3. The van der Waals surface area contributed by atoms with Crippen LogP contribution in [-0.4, -0.2) is 38.7 Å². The number of hydrogen-bond donors (Lipinski definition) is 0. The van der Waals surface area contributed by atoms with Crippen LogP contribution in [0.25, 0.3) is 0 Å². The maximum absolute atomic E-state index is 13.0. The average molecular weight is 341 g/mol. The first-order valence-corrected chi connectivity index (χ1v) is 8.28. The third-order valence-corrected chi connectivity index (χ3v) is 4.76. The van der Waals surface area contributed by atoms with Crippen molar-refractivity contribution in [2.75, 3.05) is 27.9 Å². The van der Waals surface area contributed by atoms with E-state index in [0.717, 1.165) is 29.2 Å². The molecule has 1 unspecified atom stereocenters. The molecule has 0 spiro atoms. The summed E-state index contributed by atoms with van der Waals surface area (Å²) in [5.41, 5.74) is 2.88. The van der Waals surface area contributed by atoms with Crippen molar-refractivity contribution in [1.82, 2.24) is 4.90 Å². The first kappa shape index (κ1) is 17.1. The number of nitrogens with zero attached hydrogens (tertiary/aromatic N) is 1. The number of fused-ring (bicyclic) bond motifs is 1. The van der Waals surface area contributed by atoms with Crippen molar-refractivity contribution in [1.29, 1.82) is 0 Å². The maximum Gasteiger partial charge on any atom is 0.254 e. The monoisotopic (exact) mass is 341 g/mol. The van der Waals surface area contributed by atoms with Crippen LogP contribution in [-0.2, 0) is 6.42 Å². The number of methoxy groups -OCH3 is 3. The molecular formula is C20H23NO4. The van der Waals surface area contributed by atoms with Gasteiger partial charge < -0.3 is 19.1 Å². The minimum Gasteiger partial charge on any atom is -0.497 e. The SMILES string of the molecule is COc1ccc(C(=O)N2CCc3cc(OC)cc(OC)c3C2C)cc1. The van der Waals surface area contributed by atoms with Gasteiger partial charge in [-0.25, -0.2) is 0 Å². The lowest BCUT2D eigenvalue weighted by molar-refractivity contribution is 0.0675. The van der Waals surface area contributed by atoms with Gasteiger partial charge in [0.2, 0.25) is 0 Å². The molecular weight excluding hydrogens is 318 g/mol. The van der Waals surface area contributed by atoms with Crippen LogP contribution in [0.5, 0.6) is 17.2 Å². The quantitative estimate of drug-likeness (QED) is 0.854. The summed E-state index contributed by atoms with van der Waals surface area (Å²) in [5, 5.41) is 0. The van der Waals surface area contributed by atoms with Gasteiger partial charge in [0, 0.05) is 23.7 Å². The molecule has 3 rings (SSSR count). The predicted molar refractivity (Wildman–Crippen MR) is 95.7 cm³/mol. The van der Waals surface area contributed by atoms with Gasteiger partial charge >= 0.3 is 0 Å². The molecule has 0 radical (unpaired) electrons. The Bertz CT molecular complexity index is 753. The van der Waals surface area contributed by atoms with E-state index in [0.29, 0.717) is 12.1 Å². The summed E-state index contributed by atoms with van der Waals surface area (Å²) in [6.07, 6.45) is 0.773. The fraction of sp³-hybridized carbons (Fsp3) is 0.350.